The van der Waals surface area contributed by atoms with Gasteiger partial charge in [-0.3, -0.25) is 9.98 Å². The molecule has 0 fully saturated rings. The van der Waals surface area contributed by atoms with Crippen LogP contribution in [0.25, 0.3) is 0 Å². The van der Waals surface area contributed by atoms with Crippen LogP contribution in [0.15, 0.2) is 52.4 Å². The maximum atomic E-state index is 5.69. The number of hydrogen-bond acceptors (Lipinski definition) is 2. The summed E-state index contributed by atoms with van der Waals surface area (Å²) in [6, 6.07) is 16.8. The van der Waals surface area contributed by atoms with E-state index in [2.05, 4.69) is 77.1 Å². The molecule has 0 aliphatic rings. The van der Waals surface area contributed by atoms with E-state index in [1.165, 1.54) is 368 Å². The minimum atomic E-state index is 0. The molecule has 0 spiro atoms. The van der Waals surface area contributed by atoms with Crippen LogP contribution in [-0.4, -0.2) is 11.4 Å². The summed E-state index contributed by atoms with van der Waals surface area (Å²) in [4.78, 5) is 11.3. The van der Waals surface area contributed by atoms with Crippen molar-refractivity contribution in [3.63, 3.8) is 0 Å². The van der Waals surface area contributed by atoms with Gasteiger partial charge in [-0.2, -0.15) is 0 Å². The predicted molar refractivity (Wildman–Crippen MR) is 351 cm³/mol. The van der Waals surface area contributed by atoms with Gasteiger partial charge in [0.25, 0.3) is 0 Å². The van der Waals surface area contributed by atoms with Crippen molar-refractivity contribution in [1.29, 1.82) is 0 Å². The van der Waals surface area contributed by atoms with Crippen LogP contribution >= 0.6 is 0 Å². The molecule has 0 saturated carbocycles. The van der Waals surface area contributed by atoms with Crippen molar-refractivity contribution in [3.8, 4) is 0 Å². The topological polar surface area (TPSA) is 24.7 Å². The van der Waals surface area contributed by atoms with Gasteiger partial charge in [0.15, 0.2) is 0 Å². The molecule has 0 saturated heterocycles. The quantitative estimate of drug-likeness (QED) is 0.0358. The summed E-state index contributed by atoms with van der Waals surface area (Å²) in [6.07, 6.45) is 76.7. The molecule has 0 aliphatic heterocycles. The fraction of sp³-hybridized carbons (Fsp3) is 0.813. The Kier molecular flexibility index (Phi) is 55.7. The Morgan fingerprint density at radius 1 is 0.231 bits per heavy atom. The molecule has 0 bridgehead atoms. The van der Waals surface area contributed by atoms with Crippen molar-refractivity contribution in [1.82, 2.24) is 0 Å². The zero-order chi connectivity index (χ0) is 55.0. The van der Waals surface area contributed by atoms with E-state index in [1.807, 2.05) is 0 Å². The second-order valence-corrected chi connectivity index (χ2v) is 24.8. The Hall–Kier alpha value is -1.73. The van der Waals surface area contributed by atoms with Gasteiger partial charge in [-0.25, -0.2) is 0 Å². The normalized spacial score (nSPS) is 12.0. The molecule has 0 atom stereocenters. The SMILES string of the molecule is CCCCCCCCCCCCCCCCCCCCCCCCCc1ccc(/N=C(CCCCCCCC)/C(CCCCCCCCCCCCCCCCCC)=N/c2cc(CCCCC)cc(CCCCC)c2)cc1.[Ni]. The summed E-state index contributed by atoms with van der Waals surface area (Å²) in [6.45, 7) is 11.6. The first-order chi connectivity index (χ1) is 38.1. The Morgan fingerprint density at radius 2 is 0.449 bits per heavy atom. The number of unbranched alkanes of at least 4 members (excludes halogenated alkanes) is 46. The molecule has 78 heavy (non-hydrogen) atoms. The zero-order valence-corrected chi connectivity index (χ0v) is 54.3. The summed E-state index contributed by atoms with van der Waals surface area (Å²) in [7, 11) is 0. The second-order valence-electron chi connectivity index (χ2n) is 24.8. The smallest absolute Gasteiger partial charge is 0.0639 e. The van der Waals surface area contributed by atoms with Crippen LogP contribution in [0.5, 0.6) is 0 Å². The molecule has 2 rings (SSSR count). The Bertz CT molecular complexity index is 1560. The average Bonchev–Trinajstić information content (AvgIpc) is 3.44. The fourth-order valence-electron chi connectivity index (χ4n) is 11.9. The zero-order valence-electron chi connectivity index (χ0n) is 53.4. The van der Waals surface area contributed by atoms with Gasteiger partial charge in [-0.15, -0.1) is 0 Å². The molecule has 2 nitrogen and oxygen atoms in total. The summed E-state index contributed by atoms with van der Waals surface area (Å²) >= 11 is 0. The van der Waals surface area contributed by atoms with Gasteiger partial charge in [0, 0.05) is 16.5 Å². The standard InChI is InChI=1S/C75H134N2.Ni/c1-6-11-16-19-22-24-26-28-30-32-33-34-35-36-37-38-39-41-43-45-47-49-54-57-69-62-64-72(65-63-69)76-74(60-55-50-21-18-13-8-3)75(61-56-51-48-46-44-42-40-31-29-27-25-23-20-17-12-7-2)77-73-67-70(58-52-14-9-4)66-71(68-73)59-53-15-10-5;/h62-68H,6-61H2,1-5H3;/b76-74+,77-75+;. The van der Waals surface area contributed by atoms with E-state index in [1.54, 1.807) is 0 Å². The molecule has 0 heterocycles. The second kappa shape index (κ2) is 58.5. The summed E-state index contributed by atoms with van der Waals surface area (Å²) in [5.41, 5.74) is 9.27. The maximum Gasteiger partial charge on any atom is 0.0639 e. The molecule has 0 unspecified atom stereocenters. The first kappa shape index (κ1) is 74.3. The molecular weight excluding hydrogens is 988 g/mol. The average molecular weight is 1120 g/mol. The molecule has 0 aromatic heterocycles. The number of nitrogens with zero attached hydrogens (tertiary/aromatic N) is 2. The molecule has 2 aromatic carbocycles. The van der Waals surface area contributed by atoms with Crippen LogP contribution in [0.3, 0.4) is 0 Å². The van der Waals surface area contributed by atoms with Crippen LogP contribution in [-0.2, 0) is 35.8 Å². The number of benzene rings is 2. The third kappa shape index (κ3) is 45.8. The molecule has 0 radical (unpaired) electrons. The molecule has 0 N–H and O–H groups in total. The predicted octanol–water partition coefficient (Wildman–Crippen LogP) is 26.9. The monoisotopic (exact) mass is 1120 g/mol. The molecule has 0 aliphatic carbocycles. The first-order valence-corrected chi connectivity index (χ1v) is 35.5. The van der Waals surface area contributed by atoms with Gasteiger partial charge in [0.1, 0.15) is 0 Å². The van der Waals surface area contributed by atoms with Crippen molar-refractivity contribution in [2.24, 2.45) is 9.98 Å². The van der Waals surface area contributed by atoms with Crippen molar-refractivity contribution >= 4 is 22.8 Å². The third-order valence-corrected chi connectivity index (χ3v) is 17.1. The minimum Gasteiger partial charge on any atom is -0.252 e. The molecule has 454 valence electrons. The van der Waals surface area contributed by atoms with E-state index in [0.717, 1.165) is 31.4 Å². The van der Waals surface area contributed by atoms with E-state index >= 15 is 0 Å². The molecule has 0 amide bonds. The fourth-order valence-corrected chi connectivity index (χ4v) is 11.9. The van der Waals surface area contributed by atoms with Gasteiger partial charge < -0.3 is 0 Å². The maximum absolute atomic E-state index is 5.69. The van der Waals surface area contributed by atoms with Gasteiger partial charge in [0.05, 0.1) is 22.8 Å². The Balaban J connectivity index is 0.0000304. The van der Waals surface area contributed by atoms with Crippen molar-refractivity contribution in [2.45, 2.75) is 394 Å². The number of hydrogen-bond donors (Lipinski definition) is 0. The minimum absolute atomic E-state index is 0. The van der Waals surface area contributed by atoms with Crippen molar-refractivity contribution in [2.75, 3.05) is 0 Å². The number of rotatable bonds is 59. The van der Waals surface area contributed by atoms with E-state index in [9.17, 15) is 0 Å². The van der Waals surface area contributed by atoms with Gasteiger partial charge in [-0.1, -0.05) is 348 Å². The van der Waals surface area contributed by atoms with Gasteiger partial charge >= 0.3 is 0 Å². The van der Waals surface area contributed by atoms with E-state index in [-0.39, 0.29) is 16.5 Å². The summed E-state index contributed by atoms with van der Waals surface area (Å²) in [5, 5.41) is 0. The first-order valence-electron chi connectivity index (χ1n) is 35.5. The van der Waals surface area contributed by atoms with Gasteiger partial charge in [0.2, 0.25) is 0 Å². The van der Waals surface area contributed by atoms with Crippen LogP contribution in [0.1, 0.15) is 392 Å². The number of aryl methyl sites for hydroxylation is 3. The molecule has 2 aromatic rings. The van der Waals surface area contributed by atoms with Gasteiger partial charge in [-0.05, 0) is 105 Å². The Morgan fingerprint density at radius 3 is 0.744 bits per heavy atom. The van der Waals surface area contributed by atoms with Crippen LogP contribution < -0.4 is 0 Å². The van der Waals surface area contributed by atoms with E-state index in [0.29, 0.717) is 0 Å². The Labute approximate surface area is 499 Å². The molecule has 3 heteroatoms. The van der Waals surface area contributed by atoms with E-state index in [4.69, 9.17) is 9.98 Å². The largest absolute Gasteiger partial charge is 0.252 e. The van der Waals surface area contributed by atoms with Crippen molar-refractivity contribution < 1.29 is 16.5 Å². The van der Waals surface area contributed by atoms with Crippen molar-refractivity contribution in [3.05, 3.63) is 59.2 Å². The number of aliphatic imine (C=N–C) groups is 2. The van der Waals surface area contributed by atoms with E-state index < -0.39 is 0 Å². The van der Waals surface area contributed by atoms with Crippen LogP contribution in [0, 0.1) is 0 Å². The van der Waals surface area contributed by atoms with Crippen LogP contribution in [0.4, 0.5) is 11.4 Å². The third-order valence-electron chi connectivity index (χ3n) is 17.1. The summed E-state index contributed by atoms with van der Waals surface area (Å²) < 4.78 is 0. The van der Waals surface area contributed by atoms with Crippen LogP contribution in [0.2, 0.25) is 0 Å². The summed E-state index contributed by atoms with van der Waals surface area (Å²) in [5.74, 6) is 0. The molecular formula is C75H134N2Ni.